The van der Waals surface area contributed by atoms with E-state index in [0.29, 0.717) is 5.88 Å². The first-order valence-corrected chi connectivity index (χ1v) is 6.29. The van der Waals surface area contributed by atoms with Crippen molar-refractivity contribution in [3.05, 3.63) is 28.5 Å². The van der Waals surface area contributed by atoms with Gasteiger partial charge in [-0.2, -0.15) is 0 Å². The number of nitrogens with zero attached hydrogens (tertiary/aromatic N) is 2. The second kappa shape index (κ2) is 4.54. The van der Waals surface area contributed by atoms with Crippen LogP contribution in [0, 0.1) is 0 Å². The molecule has 1 aromatic heterocycles. The number of imidazole rings is 1. The molecule has 0 aliphatic heterocycles. The fourth-order valence-electron chi connectivity index (χ4n) is 1.77. The fourth-order valence-corrected chi connectivity index (χ4v) is 2.29. The van der Waals surface area contributed by atoms with Gasteiger partial charge in [-0.3, -0.25) is 0 Å². The predicted molar refractivity (Wildman–Crippen MR) is 67.5 cm³/mol. The lowest BCUT2D eigenvalue weighted by Crippen LogP contribution is -2.02. The Labute approximate surface area is 102 Å². The van der Waals surface area contributed by atoms with E-state index in [4.69, 9.17) is 11.6 Å². The van der Waals surface area contributed by atoms with Gasteiger partial charge in [0, 0.05) is 23.3 Å². The third-order valence-corrected chi connectivity index (χ3v) is 3.11. The van der Waals surface area contributed by atoms with Gasteiger partial charge in [-0.1, -0.05) is 15.9 Å². The lowest BCUT2D eigenvalue weighted by Gasteiger charge is -2.04. The maximum absolute atomic E-state index is 5.76. The van der Waals surface area contributed by atoms with E-state index in [2.05, 4.69) is 38.5 Å². The summed E-state index contributed by atoms with van der Waals surface area (Å²) in [7, 11) is 0. The van der Waals surface area contributed by atoms with Crippen molar-refractivity contribution in [1.29, 1.82) is 0 Å². The van der Waals surface area contributed by atoms with Gasteiger partial charge in [0.15, 0.2) is 0 Å². The number of aromatic nitrogens is 2. The number of hydrogen-bond donors (Lipinski definition) is 0. The number of alkyl halides is 1. The fraction of sp³-hybridized carbons (Fsp3) is 0.364. The maximum atomic E-state index is 5.76. The summed E-state index contributed by atoms with van der Waals surface area (Å²) in [5.74, 6) is 1.69. The molecule has 4 heteroatoms. The SMILES string of the molecule is CCn1c(CCCl)nc2ccc(Br)cc21. The number of halogens is 2. The highest BCUT2D eigenvalue weighted by molar-refractivity contribution is 9.10. The quantitative estimate of drug-likeness (QED) is 0.789. The molecule has 0 spiro atoms. The Bertz CT molecular complexity index is 479. The van der Waals surface area contributed by atoms with Crippen molar-refractivity contribution >= 4 is 38.6 Å². The minimum Gasteiger partial charge on any atom is -0.328 e. The van der Waals surface area contributed by atoms with Crippen LogP contribution >= 0.6 is 27.5 Å². The Morgan fingerprint density at radius 2 is 2.27 bits per heavy atom. The third kappa shape index (κ3) is 2.04. The molecule has 15 heavy (non-hydrogen) atoms. The molecule has 0 fully saturated rings. The van der Waals surface area contributed by atoms with Crippen molar-refractivity contribution < 1.29 is 0 Å². The van der Waals surface area contributed by atoms with Crippen LogP contribution in [-0.2, 0) is 13.0 Å². The molecular weight excluding hydrogens is 275 g/mol. The molecule has 0 atom stereocenters. The van der Waals surface area contributed by atoms with Crippen molar-refractivity contribution in [2.75, 3.05) is 5.88 Å². The lowest BCUT2D eigenvalue weighted by atomic mass is 10.3. The molecule has 1 heterocycles. The normalized spacial score (nSPS) is 11.1. The summed E-state index contributed by atoms with van der Waals surface area (Å²) in [5, 5.41) is 0. The van der Waals surface area contributed by atoms with E-state index in [1.54, 1.807) is 0 Å². The van der Waals surface area contributed by atoms with Gasteiger partial charge in [-0.25, -0.2) is 4.98 Å². The monoisotopic (exact) mass is 286 g/mol. The van der Waals surface area contributed by atoms with Crippen molar-refractivity contribution in [1.82, 2.24) is 9.55 Å². The molecular formula is C11H12BrClN2. The summed E-state index contributed by atoms with van der Waals surface area (Å²) < 4.78 is 3.30. The van der Waals surface area contributed by atoms with E-state index in [0.717, 1.165) is 28.8 Å². The van der Waals surface area contributed by atoms with Gasteiger partial charge >= 0.3 is 0 Å². The zero-order valence-corrected chi connectivity index (χ0v) is 10.8. The standard InChI is InChI=1S/C11H12BrClN2/c1-2-15-10-7-8(12)3-4-9(10)14-11(15)5-6-13/h3-4,7H,2,5-6H2,1H3. The zero-order chi connectivity index (χ0) is 10.8. The minimum absolute atomic E-state index is 0.616. The smallest absolute Gasteiger partial charge is 0.111 e. The molecule has 0 radical (unpaired) electrons. The molecule has 0 saturated carbocycles. The Hall–Kier alpha value is -0.540. The van der Waals surface area contributed by atoms with Gasteiger partial charge in [0.2, 0.25) is 0 Å². The summed E-state index contributed by atoms with van der Waals surface area (Å²) in [6, 6.07) is 6.15. The van der Waals surface area contributed by atoms with Gasteiger partial charge in [-0.15, -0.1) is 11.6 Å². The van der Waals surface area contributed by atoms with Gasteiger partial charge in [0.1, 0.15) is 5.82 Å². The zero-order valence-electron chi connectivity index (χ0n) is 8.50. The molecule has 0 N–H and O–H groups in total. The molecule has 0 saturated heterocycles. The number of benzene rings is 1. The summed E-state index contributed by atoms with van der Waals surface area (Å²) in [6.07, 6.45) is 0.821. The number of aryl methyl sites for hydroxylation is 2. The highest BCUT2D eigenvalue weighted by Crippen LogP contribution is 2.21. The first-order chi connectivity index (χ1) is 7.26. The highest BCUT2D eigenvalue weighted by atomic mass is 79.9. The van der Waals surface area contributed by atoms with Crippen LogP contribution in [0.15, 0.2) is 22.7 Å². The molecule has 2 nitrogen and oxygen atoms in total. The molecule has 0 aliphatic carbocycles. The molecule has 0 amide bonds. The van der Waals surface area contributed by atoms with E-state index in [1.165, 1.54) is 5.52 Å². The third-order valence-electron chi connectivity index (χ3n) is 2.42. The maximum Gasteiger partial charge on any atom is 0.111 e. The van der Waals surface area contributed by atoms with E-state index in [9.17, 15) is 0 Å². The van der Waals surface area contributed by atoms with E-state index >= 15 is 0 Å². The molecule has 0 aliphatic rings. The van der Waals surface area contributed by atoms with E-state index in [1.807, 2.05) is 12.1 Å². The molecule has 2 rings (SSSR count). The van der Waals surface area contributed by atoms with Crippen LogP contribution < -0.4 is 0 Å². The summed E-state index contributed by atoms with van der Waals surface area (Å²) in [6.45, 7) is 3.05. The van der Waals surface area contributed by atoms with Crippen LogP contribution in [0.2, 0.25) is 0 Å². The van der Waals surface area contributed by atoms with Crippen molar-refractivity contribution in [2.45, 2.75) is 19.9 Å². The molecule has 80 valence electrons. The van der Waals surface area contributed by atoms with Gasteiger partial charge in [-0.05, 0) is 25.1 Å². The van der Waals surface area contributed by atoms with Crippen LogP contribution in [-0.4, -0.2) is 15.4 Å². The first-order valence-electron chi connectivity index (χ1n) is 4.97. The first kappa shape index (κ1) is 11.0. The topological polar surface area (TPSA) is 17.8 Å². The van der Waals surface area contributed by atoms with Crippen LogP contribution in [0.25, 0.3) is 11.0 Å². The van der Waals surface area contributed by atoms with Gasteiger partial charge in [0.05, 0.1) is 11.0 Å². The van der Waals surface area contributed by atoms with Gasteiger partial charge < -0.3 is 4.57 Å². The van der Waals surface area contributed by atoms with Crippen molar-refractivity contribution in [3.63, 3.8) is 0 Å². The Kier molecular flexibility index (Phi) is 3.32. The Balaban J connectivity index is 2.63. The van der Waals surface area contributed by atoms with Crippen molar-refractivity contribution in [2.24, 2.45) is 0 Å². The highest BCUT2D eigenvalue weighted by Gasteiger charge is 2.08. The van der Waals surface area contributed by atoms with Crippen molar-refractivity contribution in [3.8, 4) is 0 Å². The van der Waals surface area contributed by atoms with Crippen LogP contribution in [0.4, 0.5) is 0 Å². The lowest BCUT2D eigenvalue weighted by molar-refractivity contribution is 0.727. The Morgan fingerprint density at radius 1 is 1.47 bits per heavy atom. The van der Waals surface area contributed by atoms with Crippen LogP contribution in [0.1, 0.15) is 12.7 Å². The second-order valence-electron chi connectivity index (χ2n) is 3.34. The number of hydrogen-bond acceptors (Lipinski definition) is 1. The molecule has 0 bridgehead atoms. The second-order valence-corrected chi connectivity index (χ2v) is 4.64. The predicted octanol–water partition coefficient (Wildman–Crippen LogP) is 3.60. The number of fused-ring (bicyclic) bond motifs is 1. The Morgan fingerprint density at radius 3 is 2.93 bits per heavy atom. The van der Waals surface area contributed by atoms with E-state index in [-0.39, 0.29) is 0 Å². The average molecular weight is 288 g/mol. The summed E-state index contributed by atoms with van der Waals surface area (Å²) in [5.41, 5.74) is 2.21. The largest absolute Gasteiger partial charge is 0.328 e. The minimum atomic E-state index is 0.616. The van der Waals surface area contributed by atoms with Gasteiger partial charge in [0.25, 0.3) is 0 Å². The van der Waals surface area contributed by atoms with Crippen LogP contribution in [0.3, 0.4) is 0 Å². The number of rotatable bonds is 3. The summed E-state index contributed by atoms with van der Waals surface area (Å²) >= 11 is 9.24. The van der Waals surface area contributed by atoms with E-state index < -0.39 is 0 Å². The van der Waals surface area contributed by atoms with Crippen LogP contribution in [0.5, 0.6) is 0 Å². The summed E-state index contributed by atoms with van der Waals surface area (Å²) in [4.78, 5) is 4.57. The molecule has 0 unspecified atom stereocenters. The molecule has 1 aromatic carbocycles. The average Bonchev–Trinajstić information content (AvgIpc) is 2.55. The molecule has 2 aromatic rings.